The minimum absolute atomic E-state index is 0.0154. The SMILES string of the molecule is Cc1nc(N(C)Cc2ccccc2)nc(NC23CCC(CO)C2OC(C)(C)O3)c1-c1nc2ccccc2s1. The molecule has 0 amide bonds. The number of anilines is 2. The maximum atomic E-state index is 10.1. The van der Waals surface area contributed by atoms with Crippen molar-refractivity contribution in [3.8, 4) is 10.6 Å². The van der Waals surface area contributed by atoms with Crippen molar-refractivity contribution in [3.63, 3.8) is 0 Å². The molecule has 38 heavy (non-hydrogen) atoms. The average Bonchev–Trinajstić information content (AvgIpc) is 3.52. The fourth-order valence-electron chi connectivity index (χ4n) is 5.67. The minimum atomic E-state index is -0.807. The van der Waals surface area contributed by atoms with E-state index in [1.807, 2.05) is 69.1 Å². The Hall–Kier alpha value is -3.11. The average molecular weight is 532 g/mol. The van der Waals surface area contributed by atoms with E-state index in [2.05, 4.69) is 23.5 Å². The first kappa shape index (κ1) is 25.2. The summed E-state index contributed by atoms with van der Waals surface area (Å²) in [4.78, 5) is 17.0. The lowest BCUT2D eigenvalue weighted by Crippen LogP contribution is -2.46. The van der Waals surface area contributed by atoms with Gasteiger partial charge in [0, 0.05) is 26.1 Å². The molecule has 0 bridgehead atoms. The normalized spacial score (nSPS) is 24.0. The smallest absolute Gasteiger partial charge is 0.227 e. The zero-order chi connectivity index (χ0) is 26.5. The Morgan fingerprint density at radius 1 is 1.08 bits per heavy atom. The van der Waals surface area contributed by atoms with Gasteiger partial charge in [-0.1, -0.05) is 42.5 Å². The molecule has 1 aliphatic heterocycles. The summed E-state index contributed by atoms with van der Waals surface area (Å²) < 4.78 is 14.0. The molecule has 0 spiro atoms. The summed E-state index contributed by atoms with van der Waals surface area (Å²) in [6.07, 6.45) is 1.20. The van der Waals surface area contributed by atoms with Crippen molar-refractivity contribution in [2.24, 2.45) is 5.92 Å². The standard InChI is InChI=1S/C29H33N5O3S/c1-18-23(26-31-21-12-8-9-13-22(21)38-26)25(32-27(30-18)34(4)16-19-10-6-5-7-11-19)33-29-15-14-20(17-35)24(29)36-28(2,3)37-29/h5-13,20,24,35H,14-17H2,1-4H3,(H,30,32,33). The van der Waals surface area contributed by atoms with Gasteiger partial charge in [0.25, 0.3) is 0 Å². The van der Waals surface area contributed by atoms with E-state index in [0.717, 1.165) is 32.9 Å². The Morgan fingerprint density at radius 2 is 1.84 bits per heavy atom. The number of nitrogens with one attached hydrogen (secondary N) is 1. The van der Waals surface area contributed by atoms with Crippen molar-refractivity contribution in [1.29, 1.82) is 0 Å². The van der Waals surface area contributed by atoms with Crippen LogP contribution in [0.1, 0.15) is 37.9 Å². The molecule has 2 N–H and O–H groups in total. The number of nitrogens with zero attached hydrogens (tertiary/aromatic N) is 4. The molecular weight excluding hydrogens is 498 g/mol. The van der Waals surface area contributed by atoms with Crippen LogP contribution in [0.4, 0.5) is 11.8 Å². The van der Waals surface area contributed by atoms with Crippen LogP contribution in [-0.4, -0.2) is 51.3 Å². The summed E-state index contributed by atoms with van der Waals surface area (Å²) >= 11 is 1.62. The maximum absolute atomic E-state index is 10.1. The van der Waals surface area contributed by atoms with E-state index in [4.69, 9.17) is 24.4 Å². The van der Waals surface area contributed by atoms with E-state index in [-0.39, 0.29) is 18.6 Å². The Balaban J connectivity index is 1.45. The predicted molar refractivity (Wildman–Crippen MR) is 150 cm³/mol. The van der Waals surface area contributed by atoms with Crippen molar-refractivity contribution in [2.45, 2.75) is 57.8 Å². The molecule has 198 valence electrons. The van der Waals surface area contributed by atoms with E-state index in [1.165, 1.54) is 5.56 Å². The first-order valence-electron chi connectivity index (χ1n) is 13.0. The first-order chi connectivity index (χ1) is 18.3. The molecule has 6 rings (SSSR count). The summed E-state index contributed by atoms with van der Waals surface area (Å²) in [6, 6.07) is 18.4. The van der Waals surface area contributed by atoms with Gasteiger partial charge in [-0.05, 0) is 51.3 Å². The highest BCUT2D eigenvalue weighted by Crippen LogP contribution is 2.50. The highest BCUT2D eigenvalue weighted by Gasteiger charge is 2.60. The summed E-state index contributed by atoms with van der Waals surface area (Å²) in [6.45, 7) is 6.56. The number of hydrogen-bond acceptors (Lipinski definition) is 9. The molecule has 3 unspecified atom stereocenters. The van der Waals surface area contributed by atoms with E-state index < -0.39 is 11.5 Å². The van der Waals surface area contributed by atoms with Crippen LogP contribution in [-0.2, 0) is 16.0 Å². The Bertz CT molecular complexity index is 1430. The summed E-state index contributed by atoms with van der Waals surface area (Å²) in [7, 11) is 2.00. The number of rotatable bonds is 7. The van der Waals surface area contributed by atoms with E-state index in [1.54, 1.807) is 11.3 Å². The molecule has 2 aliphatic rings. The number of ether oxygens (including phenoxy) is 2. The third kappa shape index (κ3) is 4.53. The Morgan fingerprint density at radius 3 is 2.61 bits per heavy atom. The number of thiazole rings is 1. The van der Waals surface area contributed by atoms with Gasteiger partial charge in [0.2, 0.25) is 5.95 Å². The second-order valence-corrected chi connectivity index (χ2v) is 11.7. The lowest BCUT2D eigenvalue weighted by atomic mass is 10.0. The molecule has 1 aliphatic carbocycles. The third-order valence-electron chi connectivity index (χ3n) is 7.37. The van der Waals surface area contributed by atoms with E-state index in [0.29, 0.717) is 24.7 Å². The van der Waals surface area contributed by atoms with Crippen LogP contribution in [0.5, 0.6) is 0 Å². The molecule has 4 aromatic rings. The summed E-state index contributed by atoms with van der Waals surface area (Å²) in [5, 5.41) is 14.6. The number of aliphatic hydroxyl groups excluding tert-OH is 1. The summed E-state index contributed by atoms with van der Waals surface area (Å²) in [5.74, 6) is 0.479. The van der Waals surface area contributed by atoms with Crippen LogP contribution < -0.4 is 10.2 Å². The van der Waals surface area contributed by atoms with Gasteiger partial charge in [0.1, 0.15) is 16.9 Å². The Labute approximate surface area is 226 Å². The molecule has 2 aromatic carbocycles. The molecule has 9 heteroatoms. The third-order valence-corrected chi connectivity index (χ3v) is 8.42. The van der Waals surface area contributed by atoms with Crippen molar-refractivity contribution in [2.75, 3.05) is 23.9 Å². The molecule has 0 radical (unpaired) electrons. The molecule has 2 fully saturated rings. The van der Waals surface area contributed by atoms with Crippen LogP contribution >= 0.6 is 11.3 Å². The maximum Gasteiger partial charge on any atom is 0.227 e. The van der Waals surface area contributed by atoms with Crippen molar-refractivity contribution >= 4 is 33.3 Å². The van der Waals surface area contributed by atoms with Gasteiger partial charge >= 0.3 is 0 Å². The number of aryl methyl sites for hydroxylation is 1. The lowest BCUT2D eigenvalue weighted by molar-refractivity contribution is -0.168. The number of aromatic nitrogens is 3. The number of para-hydroxylation sites is 1. The zero-order valence-electron chi connectivity index (χ0n) is 22.1. The molecular formula is C29H33N5O3S. The quantitative estimate of drug-likeness (QED) is 0.329. The van der Waals surface area contributed by atoms with Crippen LogP contribution in [0.25, 0.3) is 20.8 Å². The van der Waals surface area contributed by atoms with Crippen molar-refractivity contribution in [3.05, 3.63) is 65.9 Å². The second kappa shape index (κ2) is 9.57. The van der Waals surface area contributed by atoms with Gasteiger partial charge in [0.05, 0.1) is 21.5 Å². The van der Waals surface area contributed by atoms with Crippen molar-refractivity contribution in [1.82, 2.24) is 15.0 Å². The predicted octanol–water partition coefficient (Wildman–Crippen LogP) is 5.36. The molecule has 3 heterocycles. The Kier molecular flexibility index (Phi) is 6.34. The van der Waals surface area contributed by atoms with Crippen LogP contribution in [0.3, 0.4) is 0 Å². The van der Waals surface area contributed by atoms with E-state index >= 15 is 0 Å². The topological polar surface area (TPSA) is 92.6 Å². The zero-order valence-corrected chi connectivity index (χ0v) is 23.0. The van der Waals surface area contributed by atoms with Crippen LogP contribution in [0.2, 0.25) is 0 Å². The van der Waals surface area contributed by atoms with E-state index in [9.17, 15) is 5.11 Å². The molecule has 8 nitrogen and oxygen atoms in total. The van der Waals surface area contributed by atoms with Gasteiger partial charge < -0.3 is 24.8 Å². The minimum Gasteiger partial charge on any atom is -0.396 e. The molecule has 1 saturated carbocycles. The van der Waals surface area contributed by atoms with Gasteiger partial charge in [-0.3, -0.25) is 0 Å². The number of benzene rings is 2. The molecule has 2 aromatic heterocycles. The van der Waals surface area contributed by atoms with Crippen LogP contribution in [0.15, 0.2) is 54.6 Å². The monoisotopic (exact) mass is 531 g/mol. The highest BCUT2D eigenvalue weighted by molar-refractivity contribution is 7.21. The largest absolute Gasteiger partial charge is 0.396 e. The van der Waals surface area contributed by atoms with Gasteiger partial charge in [-0.25, -0.2) is 9.97 Å². The number of aliphatic hydroxyl groups is 1. The highest BCUT2D eigenvalue weighted by atomic mass is 32.1. The second-order valence-electron chi connectivity index (χ2n) is 10.7. The van der Waals surface area contributed by atoms with Crippen molar-refractivity contribution < 1.29 is 14.6 Å². The molecule has 3 atom stereocenters. The molecule has 1 saturated heterocycles. The van der Waals surface area contributed by atoms with Gasteiger partial charge in [-0.2, -0.15) is 4.98 Å². The lowest BCUT2D eigenvalue weighted by Gasteiger charge is -2.32. The first-order valence-corrected chi connectivity index (χ1v) is 13.9. The van der Waals surface area contributed by atoms with Gasteiger partial charge in [0.15, 0.2) is 11.5 Å². The van der Waals surface area contributed by atoms with Crippen LogP contribution in [0, 0.1) is 12.8 Å². The number of hydrogen-bond donors (Lipinski definition) is 2. The van der Waals surface area contributed by atoms with Gasteiger partial charge in [-0.15, -0.1) is 11.3 Å². The fourth-order valence-corrected chi connectivity index (χ4v) is 6.74. The fraction of sp³-hybridized carbons (Fsp3) is 0.414. The number of fused-ring (bicyclic) bond motifs is 2. The summed E-state index contributed by atoms with van der Waals surface area (Å²) in [5.41, 5.74) is 3.01.